The van der Waals surface area contributed by atoms with Crippen molar-refractivity contribution in [2.24, 2.45) is 5.10 Å². The zero-order valence-electron chi connectivity index (χ0n) is 17.5. The van der Waals surface area contributed by atoms with Gasteiger partial charge in [-0.3, -0.25) is 14.4 Å². The number of morpholine rings is 1. The van der Waals surface area contributed by atoms with Crippen molar-refractivity contribution in [3.05, 3.63) is 72.3 Å². The first-order valence-electron chi connectivity index (χ1n) is 10.0. The number of hydrogen-bond acceptors (Lipinski definition) is 6. The van der Waals surface area contributed by atoms with Crippen LogP contribution in [0.15, 0.2) is 66.3 Å². The van der Waals surface area contributed by atoms with E-state index in [1.807, 2.05) is 0 Å². The van der Waals surface area contributed by atoms with Crippen molar-refractivity contribution in [2.45, 2.75) is 0 Å². The topological polar surface area (TPSA) is 109 Å². The molecule has 1 heterocycles. The first-order chi connectivity index (χ1) is 15.6. The molecule has 9 nitrogen and oxygen atoms in total. The zero-order chi connectivity index (χ0) is 22.8. The fraction of sp³-hybridized carbons (Fsp3) is 0.217. The van der Waals surface area contributed by atoms with E-state index >= 15 is 0 Å². The van der Waals surface area contributed by atoms with Gasteiger partial charge in [-0.05, 0) is 24.3 Å². The number of anilines is 1. The molecule has 2 aromatic carbocycles. The third-order valence-corrected chi connectivity index (χ3v) is 4.56. The van der Waals surface area contributed by atoms with Crippen molar-refractivity contribution < 1.29 is 23.9 Å². The number of para-hydroxylation sites is 2. The Morgan fingerprint density at radius 3 is 2.56 bits per heavy atom. The Hall–Kier alpha value is -3.98. The van der Waals surface area contributed by atoms with Gasteiger partial charge in [-0.1, -0.05) is 36.9 Å². The van der Waals surface area contributed by atoms with E-state index in [4.69, 9.17) is 9.47 Å². The van der Waals surface area contributed by atoms with Crippen molar-refractivity contribution in [1.29, 1.82) is 0 Å². The molecule has 0 aromatic heterocycles. The van der Waals surface area contributed by atoms with E-state index < -0.39 is 11.8 Å². The van der Waals surface area contributed by atoms with Gasteiger partial charge in [0.15, 0.2) is 0 Å². The highest BCUT2D eigenvalue weighted by Gasteiger charge is 2.22. The van der Waals surface area contributed by atoms with Crippen molar-refractivity contribution in [1.82, 2.24) is 10.3 Å². The molecule has 9 heteroatoms. The standard InChI is InChI=1S/C23H24N4O5/c1-2-13-32-20-10-6-3-7-17(20)16-24-26-22(29)21(28)25-19-9-5-4-8-18(19)23(30)27-11-14-31-15-12-27/h2-10,16H,1,11-15H2,(H,25,28)(H,26,29). The van der Waals surface area contributed by atoms with Crippen LogP contribution >= 0.6 is 0 Å². The molecule has 0 saturated carbocycles. The second-order valence-corrected chi connectivity index (χ2v) is 6.74. The van der Waals surface area contributed by atoms with E-state index in [0.717, 1.165) is 0 Å². The number of rotatable bonds is 7. The lowest BCUT2D eigenvalue weighted by Crippen LogP contribution is -2.41. The highest BCUT2D eigenvalue weighted by molar-refractivity contribution is 6.40. The molecule has 0 unspecified atom stereocenters. The lowest BCUT2D eigenvalue weighted by Gasteiger charge is -2.27. The van der Waals surface area contributed by atoms with Crippen LogP contribution in [-0.2, 0) is 14.3 Å². The fourth-order valence-electron chi connectivity index (χ4n) is 2.97. The van der Waals surface area contributed by atoms with Crippen LogP contribution in [0.25, 0.3) is 0 Å². The quantitative estimate of drug-likeness (QED) is 0.298. The number of nitrogens with zero attached hydrogens (tertiary/aromatic N) is 2. The predicted octanol–water partition coefficient (Wildman–Crippen LogP) is 1.81. The number of hydrogen-bond donors (Lipinski definition) is 2. The summed E-state index contributed by atoms with van der Waals surface area (Å²) in [6.45, 7) is 5.77. The molecule has 32 heavy (non-hydrogen) atoms. The van der Waals surface area contributed by atoms with Gasteiger partial charge in [0.25, 0.3) is 5.91 Å². The summed E-state index contributed by atoms with van der Waals surface area (Å²) in [6.07, 6.45) is 2.99. The van der Waals surface area contributed by atoms with Crippen LogP contribution in [0.3, 0.4) is 0 Å². The van der Waals surface area contributed by atoms with Gasteiger partial charge < -0.3 is 19.7 Å². The lowest BCUT2D eigenvalue weighted by molar-refractivity contribution is -0.136. The summed E-state index contributed by atoms with van der Waals surface area (Å²) in [5, 5.41) is 6.30. The zero-order valence-corrected chi connectivity index (χ0v) is 17.5. The predicted molar refractivity (Wildman–Crippen MR) is 120 cm³/mol. The molecule has 3 amide bonds. The largest absolute Gasteiger partial charge is 0.489 e. The van der Waals surface area contributed by atoms with Gasteiger partial charge in [-0.15, -0.1) is 0 Å². The van der Waals surface area contributed by atoms with Crippen LogP contribution < -0.4 is 15.5 Å². The van der Waals surface area contributed by atoms with Crippen molar-refractivity contribution >= 4 is 29.6 Å². The smallest absolute Gasteiger partial charge is 0.329 e. The Kier molecular flexibility index (Phi) is 8.10. The molecule has 1 aliphatic heterocycles. The van der Waals surface area contributed by atoms with Crippen LogP contribution in [0.2, 0.25) is 0 Å². The number of amides is 3. The summed E-state index contributed by atoms with van der Waals surface area (Å²) in [5.41, 5.74) is 3.34. The molecule has 0 atom stereocenters. The second-order valence-electron chi connectivity index (χ2n) is 6.74. The van der Waals surface area contributed by atoms with Crippen LogP contribution in [0.1, 0.15) is 15.9 Å². The Labute approximate surface area is 185 Å². The Bertz CT molecular complexity index is 1010. The minimum atomic E-state index is -0.973. The Morgan fingerprint density at radius 2 is 1.78 bits per heavy atom. The van der Waals surface area contributed by atoms with Gasteiger partial charge in [0.1, 0.15) is 12.4 Å². The molecule has 166 valence electrons. The number of nitrogens with one attached hydrogen (secondary N) is 2. The summed E-state index contributed by atoms with van der Waals surface area (Å²) in [7, 11) is 0. The molecule has 3 rings (SSSR count). The van der Waals surface area contributed by atoms with Gasteiger partial charge in [-0.2, -0.15) is 5.10 Å². The molecule has 0 radical (unpaired) electrons. The minimum absolute atomic E-state index is 0.237. The second kappa shape index (κ2) is 11.4. The van der Waals surface area contributed by atoms with Gasteiger partial charge in [0, 0.05) is 18.7 Å². The average molecular weight is 436 g/mol. The van der Waals surface area contributed by atoms with Crippen molar-refractivity contribution in [2.75, 3.05) is 38.2 Å². The molecular formula is C23H24N4O5. The average Bonchev–Trinajstić information content (AvgIpc) is 2.83. The van der Waals surface area contributed by atoms with Crippen LogP contribution in [0.4, 0.5) is 5.69 Å². The molecule has 1 fully saturated rings. The number of benzene rings is 2. The molecule has 0 bridgehead atoms. The summed E-state index contributed by atoms with van der Waals surface area (Å²) in [5.74, 6) is -1.59. The van der Waals surface area contributed by atoms with Gasteiger partial charge >= 0.3 is 11.8 Å². The normalized spacial score (nSPS) is 13.4. The summed E-state index contributed by atoms with van der Waals surface area (Å²) in [6, 6.07) is 13.6. The van der Waals surface area contributed by atoms with Gasteiger partial charge in [0.2, 0.25) is 0 Å². The fourth-order valence-corrected chi connectivity index (χ4v) is 2.97. The molecule has 2 N–H and O–H groups in total. The van der Waals surface area contributed by atoms with E-state index in [1.165, 1.54) is 6.21 Å². The Balaban J connectivity index is 1.62. The van der Waals surface area contributed by atoms with Crippen molar-refractivity contribution in [3.63, 3.8) is 0 Å². The Morgan fingerprint density at radius 1 is 1.06 bits per heavy atom. The third kappa shape index (κ3) is 6.02. The van der Waals surface area contributed by atoms with Gasteiger partial charge in [0.05, 0.1) is 30.7 Å². The minimum Gasteiger partial charge on any atom is -0.489 e. The number of carbonyl (C=O) groups is 3. The SMILES string of the molecule is C=CCOc1ccccc1C=NNC(=O)C(=O)Nc1ccccc1C(=O)N1CCOCC1. The maximum Gasteiger partial charge on any atom is 0.329 e. The van der Waals surface area contributed by atoms with E-state index in [9.17, 15) is 14.4 Å². The maximum absolute atomic E-state index is 12.8. The summed E-state index contributed by atoms with van der Waals surface area (Å²) >= 11 is 0. The first kappa shape index (κ1) is 22.7. The monoisotopic (exact) mass is 436 g/mol. The first-order valence-corrected chi connectivity index (χ1v) is 10.0. The van der Waals surface area contributed by atoms with Crippen LogP contribution in [0.5, 0.6) is 5.75 Å². The summed E-state index contributed by atoms with van der Waals surface area (Å²) in [4.78, 5) is 38.9. The lowest BCUT2D eigenvalue weighted by atomic mass is 10.1. The highest BCUT2D eigenvalue weighted by Crippen LogP contribution is 2.18. The number of hydrazone groups is 1. The molecule has 1 aliphatic rings. The molecule has 0 spiro atoms. The van der Waals surface area contributed by atoms with E-state index in [0.29, 0.717) is 49.8 Å². The van der Waals surface area contributed by atoms with Crippen LogP contribution in [0, 0.1) is 0 Å². The molecule has 1 saturated heterocycles. The van der Waals surface area contributed by atoms with Crippen molar-refractivity contribution in [3.8, 4) is 5.75 Å². The number of ether oxygens (including phenoxy) is 2. The van der Waals surface area contributed by atoms with E-state index in [1.54, 1.807) is 59.5 Å². The summed E-state index contributed by atoms with van der Waals surface area (Å²) < 4.78 is 10.8. The molecular weight excluding hydrogens is 412 g/mol. The van der Waals surface area contributed by atoms with Gasteiger partial charge in [-0.25, -0.2) is 5.43 Å². The molecule has 2 aromatic rings. The van der Waals surface area contributed by atoms with E-state index in [2.05, 4.69) is 22.4 Å². The van der Waals surface area contributed by atoms with E-state index in [-0.39, 0.29) is 11.6 Å². The highest BCUT2D eigenvalue weighted by atomic mass is 16.5. The number of carbonyl (C=O) groups excluding carboxylic acids is 3. The maximum atomic E-state index is 12.8. The van der Waals surface area contributed by atoms with Crippen LogP contribution in [-0.4, -0.2) is 61.7 Å². The third-order valence-electron chi connectivity index (χ3n) is 4.56. The molecule has 0 aliphatic carbocycles.